The van der Waals surface area contributed by atoms with E-state index in [1.165, 1.54) is 5.56 Å². The van der Waals surface area contributed by atoms with Crippen LogP contribution in [0.2, 0.25) is 0 Å². The van der Waals surface area contributed by atoms with Crippen molar-refractivity contribution in [2.45, 2.75) is 38.4 Å². The van der Waals surface area contributed by atoms with E-state index in [2.05, 4.69) is 45.9 Å². The number of anilines is 2. The second-order valence-corrected chi connectivity index (χ2v) is 10.2. The molecule has 2 aromatic carbocycles. The Bertz CT molecular complexity index is 1420. The normalized spacial score (nSPS) is 19.4. The molecule has 0 unspecified atom stereocenters. The number of likely N-dealkylation sites (N-methyl/N-ethyl adjacent to an activating group) is 1. The number of alkyl halides is 3. The van der Waals surface area contributed by atoms with Crippen LogP contribution in [0.3, 0.4) is 0 Å². The van der Waals surface area contributed by atoms with Gasteiger partial charge in [-0.1, -0.05) is 43.3 Å². The van der Waals surface area contributed by atoms with E-state index >= 15 is 0 Å². The fourth-order valence-corrected chi connectivity index (χ4v) is 6.19. The van der Waals surface area contributed by atoms with Gasteiger partial charge in [-0.3, -0.25) is 0 Å². The minimum absolute atomic E-state index is 0.151. The highest BCUT2D eigenvalue weighted by atomic mass is 19.4. The molecule has 0 spiro atoms. The number of hydrogen-bond acceptors (Lipinski definition) is 3. The Hall–Kier alpha value is -3.48. The molecule has 1 aliphatic heterocycles. The van der Waals surface area contributed by atoms with Crippen LogP contribution in [0.1, 0.15) is 30.0 Å². The molecule has 1 aliphatic carbocycles. The molecule has 7 heteroatoms. The molecule has 3 heterocycles. The number of nitrogens with zero attached hydrogens (tertiary/aromatic N) is 3. The molecule has 4 aromatic rings. The second-order valence-electron chi connectivity index (χ2n) is 10.2. The van der Waals surface area contributed by atoms with E-state index in [0.29, 0.717) is 24.4 Å². The van der Waals surface area contributed by atoms with Crippen LogP contribution in [-0.4, -0.2) is 42.3 Å². The summed E-state index contributed by atoms with van der Waals surface area (Å²) in [4.78, 5) is 12.1. The average molecular weight is 491 g/mol. The van der Waals surface area contributed by atoms with Crippen molar-refractivity contribution < 1.29 is 13.2 Å². The molecule has 1 saturated heterocycles. The van der Waals surface area contributed by atoms with Crippen LogP contribution in [-0.2, 0) is 12.8 Å². The van der Waals surface area contributed by atoms with Crippen molar-refractivity contribution in [2.75, 3.05) is 29.9 Å². The van der Waals surface area contributed by atoms with Crippen molar-refractivity contribution in [3.8, 4) is 11.1 Å². The summed E-state index contributed by atoms with van der Waals surface area (Å²) in [6.45, 7) is 3.67. The Balaban J connectivity index is 1.40. The van der Waals surface area contributed by atoms with Crippen molar-refractivity contribution in [3.05, 3.63) is 77.6 Å². The van der Waals surface area contributed by atoms with Gasteiger partial charge in [-0.2, -0.15) is 13.2 Å². The van der Waals surface area contributed by atoms with Gasteiger partial charge in [-0.05, 0) is 52.3 Å². The predicted molar refractivity (Wildman–Crippen MR) is 139 cm³/mol. The number of aromatic nitrogens is 2. The van der Waals surface area contributed by atoms with Gasteiger partial charge in [0.05, 0.1) is 6.42 Å². The molecule has 2 aromatic heterocycles. The molecule has 6 rings (SSSR count). The highest BCUT2D eigenvalue weighted by Crippen LogP contribution is 2.45. The topological polar surface area (TPSA) is 35.2 Å². The van der Waals surface area contributed by atoms with E-state index in [0.717, 1.165) is 52.1 Å². The van der Waals surface area contributed by atoms with Gasteiger partial charge >= 0.3 is 6.18 Å². The zero-order chi connectivity index (χ0) is 25.0. The van der Waals surface area contributed by atoms with Crippen LogP contribution in [0.15, 0.2) is 60.9 Å². The summed E-state index contributed by atoms with van der Waals surface area (Å²) in [6.07, 6.45) is 0.113. The number of nitrogens with one attached hydrogen (secondary N) is 1. The van der Waals surface area contributed by atoms with Gasteiger partial charge in [0.2, 0.25) is 0 Å². The first-order chi connectivity index (χ1) is 17.3. The fourth-order valence-electron chi connectivity index (χ4n) is 6.19. The molecule has 4 nitrogen and oxygen atoms in total. The second kappa shape index (κ2) is 8.57. The largest absolute Gasteiger partial charge is 0.393 e. The lowest BCUT2D eigenvalue weighted by molar-refractivity contribution is -0.127. The number of piperidine rings is 1. The third kappa shape index (κ3) is 3.91. The standard InChI is InChI=1S/C29H29F3N4/c1-18-11-14-36(17-26(18)35(2)25-10-13-34-28-23(25)9-12-33-28)27-20(16-29(30,31)32)7-8-22-21-6-4-3-5-19(21)15-24(22)27/h3-10,12-13,18,26H,11,14-17H2,1-2H3,(H,33,34)/t18-,26+/m1/s1. The first kappa shape index (κ1) is 23.0. The molecule has 1 fully saturated rings. The van der Waals surface area contributed by atoms with Gasteiger partial charge in [-0.15, -0.1) is 0 Å². The van der Waals surface area contributed by atoms with E-state index in [4.69, 9.17) is 0 Å². The summed E-state index contributed by atoms with van der Waals surface area (Å²) >= 11 is 0. The van der Waals surface area contributed by atoms with E-state index in [9.17, 15) is 13.2 Å². The van der Waals surface area contributed by atoms with Gasteiger partial charge in [0, 0.05) is 61.8 Å². The Kier molecular flexibility index (Phi) is 5.47. The maximum atomic E-state index is 13.7. The van der Waals surface area contributed by atoms with Crippen molar-refractivity contribution in [3.63, 3.8) is 0 Å². The SMILES string of the molecule is C[C@@H]1CCN(c2c(CC(F)(F)F)ccc3c2Cc2ccccc2-3)C[C@@H]1N(C)c1ccnc2[nH]ccc12. The number of pyridine rings is 1. The third-order valence-electron chi connectivity index (χ3n) is 7.98. The summed E-state index contributed by atoms with van der Waals surface area (Å²) in [7, 11) is 2.09. The molecular formula is C29H29F3N4. The Morgan fingerprint density at radius 2 is 1.92 bits per heavy atom. The van der Waals surface area contributed by atoms with Crippen molar-refractivity contribution in [2.24, 2.45) is 5.92 Å². The molecule has 186 valence electrons. The van der Waals surface area contributed by atoms with E-state index in [1.54, 1.807) is 12.3 Å². The van der Waals surface area contributed by atoms with Crippen LogP contribution >= 0.6 is 0 Å². The summed E-state index contributed by atoms with van der Waals surface area (Å²) in [5.74, 6) is 0.397. The maximum absolute atomic E-state index is 13.7. The van der Waals surface area contributed by atoms with Crippen LogP contribution < -0.4 is 9.80 Å². The monoisotopic (exact) mass is 490 g/mol. The van der Waals surface area contributed by atoms with E-state index in [-0.39, 0.29) is 6.04 Å². The van der Waals surface area contributed by atoms with E-state index < -0.39 is 12.6 Å². The average Bonchev–Trinajstić information content (AvgIpc) is 3.47. The Morgan fingerprint density at radius 3 is 2.75 bits per heavy atom. The molecule has 2 atom stereocenters. The first-order valence-electron chi connectivity index (χ1n) is 12.5. The summed E-state index contributed by atoms with van der Waals surface area (Å²) < 4.78 is 41.0. The number of fused-ring (bicyclic) bond motifs is 4. The quantitative estimate of drug-likeness (QED) is 0.309. The molecule has 0 radical (unpaired) electrons. The smallest absolute Gasteiger partial charge is 0.369 e. The highest BCUT2D eigenvalue weighted by molar-refractivity contribution is 5.90. The maximum Gasteiger partial charge on any atom is 0.393 e. The number of hydrogen-bond donors (Lipinski definition) is 1. The first-order valence-corrected chi connectivity index (χ1v) is 12.5. The Labute approximate surface area is 208 Å². The molecule has 2 aliphatic rings. The van der Waals surface area contributed by atoms with Gasteiger partial charge in [-0.25, -0.2) is 4.98 Å². The van der Waals surface area contributed by atoms with Gasteiger partial charge in [0.15, 0.2) is 0 Å². The summed E-state index contributed by atoms with van der Waals surface area (Å²) in [6, 6.07) is 16.0. The minimum atomic E-state index is -4.26. The highest BCUT2D eigenvalue weighted by Gasteiger charge is 2.36. The molecule has 0 amide bonds. The van der Waals surface area contributed by atoms with Crippen LogP contribution in [0, 0.1) is 5.92 Å². The minimum Gasteiger partial charge on any atom is -0.369 e. The van der Waals surface area contributed by atoms with Crippen molar-refractivity contribution >= 4 is 22.4 Å². The van der Waals surface area contributed by atoms with Gasteiger partial charge in [0.1, 0.15) is 5.65 Å². The molecule has 0 saturated carbocycles. The van der Waals surface area contributed by atoms with Crippen LogP contribution in [0.4, 0.5) is 24.5 Å². The lowest BCUT2D eigenvalue weighted by Gasteiger charge is -2.44. The van der Waals surface area contributed by atoms with Gasteiger partial charge < -0.3 is 14.8 Å². The lowest BCUT2D eigenvalue weighted by atomic mass is 9.89. The summed E-state index contributed by atoms with van der Waals surface area (Å²) in [5, 5.41) is 1.05. The number of halogens is 3. The Morgan fingerprint density at radius 1 is 1.08 bits per heavy atom. The fraction of sp³-hybridized carbons (Fsp3) is 0.345. The molecule has 1 N–H and O–H groups in total. The van der Waals surface area contributed by atoms with Gasteiger partial charge in [0.25, 0.3) is 0 Å². The van der Waals surface area contributed by atoms with Crippen molar-refractivity contribution in [1.82, 2.24) is 9.97 Å². The molecule has 0 bridgehead atoms. The van der Waals surface area contributed by atoms with Crippen LogP contribution in [0.25, 0.3) is 22.2 Å². The number of rotatable bonds is 4. The zero-order valence-electron chi connectivity index (χ0n) is 20.4. The van der Waals surface area contributed by atoms with E-state index in [1.807, 2.05) is 36.5 Å². The lowest BCUT2D eigenvalue weighted by Crippen LogP contribution is -2.51. The summed E-state index contributed by atoms with van der Waals surface area (Å²) in [5.41, 5.74) is 7.51. The predicted octanol–water partition coefficient (Wildman–Crippen LogP) is 6.59. The van der Waals surface area contributed by atoms with Crippen LogP contribution in [0.5, 0.6) is 0 Å². The number of H-pyrrole nitrogens is 1. The molecular weight excluding hydrogens is 461 g/mol. The van der Waals surface area contributed by atoms with Crippen molar-refractivity contribution in [1.29, 1.82) is 0 Å². The number of aromatic amines is 1. The molecule has 36 heavy (non-hydrogen) atoms. The number of benzene rings is 2. The third-order valence-corrected chi connectivity index (χ3v) is 7.98. The zero-order valence-corrected chi connectivity index (χ0v) is 20.4.